The van der Waals surface area contributed by atoms with E-state index in [1.54, 1.807) is 0 Å². The molecule has 0 fully saturated rings. The number of benzene rings is 1. The van der Waals surface area contributed by atoms with Crippen LogP contribution in [0.25, 0.3) is 10.9 Å². The highest BCUT2D eigenvalue weighted by molar-refractivity contribution is 5.86. The number of aromatic amines is 1. The number of rotatable bonds is 3. The highest BCUT2D eigenvalue weighted by Gasteiger charge is 2.32. The minimum Gasteiger partial charge on any atom is -0.480 e. The third kappa shape index (κ3) is 2.02. The van der Waals surface area contributed by atoms with Gasteiger partial charge in [-0.1, -0.05) is 31.5 Å². The average molecular weight is 258 g/mol. The summed E-state index contributed by atoms with van der Waals surface area (Å²) in [5.41, 5.74) is 3.43. The van der Waals surface area contributed by atoms with Gasteiger partial charge in [-0.25, -0.2) is 0 Å². The van der Waals surface area contributed by atoms with Gasteiger partial charge < -0.3 is 10.1 Å². The summed E-state index contributed by atoms with van der Waals surface area (Å²) in [5, 5.41) is 13.7. The fourth-order valence-electron chi connectivity index (χ4n) is 3.00. The Morgan fingerprint density at radius 1 is 1.42 bits per heavy atom. The third-order valence-electron chi connectivity index (χ3n) is 3.88. The fourth-order valence-corrected chi connectivity index (χ4v) is 3.00. The molecule has 2 atom stereocenters. The van der Waals surface area contributed by atoms with Gasteiger partial charge in [0, 0.05) is 29.1 Å². The van der Waals surface area contributed by atoms with Gasteiger partial charge in [0.15, 0.2) is 0 Å². The lowest BCUT2D eigenvalue weighted by Gasteiger charge is -2.29. The van der Waals surface area contributed by atoms with E-state index in [0.29, 0.717) is 6.42 Å². The molecule has 0 saturated heterocycles. The molecule has 4 heteroatoms. The number of carbonyl (C=O) groups is 1. The Morgan fingerprint density at radius 2 is 2.21 bits per heavy atom. The Bertz CT molecular complexity index is 618. The molecule has 0 spiro atoms. The van der Waals surface area contributed by atoms with E-state index in [1.165, 1.54) is 11.3 Å². The summed E-state index contributed by atoms with van der Waals surface area (Å²) in [4.78, 5) is 14.8. The Morgan fingerprint density at radius 3 is 2.95 bits per heavy atom. The van der Waals surface area contributed by atoms with Gasteiger partial charge in [-0.05, 0) is 18.1 Å². The quantitative estimate of drug-likeness (QED) is 0.793. The van der Waals surface area contributed by atoms with Crippen molar-refractivity contribution in [1.82, 2.24) is 10.3 Å². The molecule has 1 unspecified atom stereocenters. The van der Waals surface area contributed by atoms with E-state index in [9.17, 15) is 9.90 Å². The van der Waals surface area contributed by atoms with Crippen molar-refractivity contribution in [1.29, 1.82) is 0 Å². The summed E-state index contributed by atoms with van der Waals surface area (Å²) in [6.45, 7) is 2.12. The molecule has 0 amide bonds. The molecule has 1 aromatic heterocycles. The van der Waals surface area contributed by atoms with Crippen molar-refractivity contribution in [3.63, 3.8) is 0 Å². The zero-order valence-corrected chi connectivity index (χ0v) is 10.9. The second-order valence-corrected chi connectivity index (χ2v) is 5.17. The van der Waals surface area contributed by atoms with Crippen LogP contribution in [-0.2, 0) is 11.2 Å². The molecule has 4 nitrogen and oxygen atoms in total. The Hall–Kier alpha value is -1.81. The second kappa shape index (κ2) is 4.70. The number of H-pyrrole nitrogens is 1. The van der Waals surface area contributed by atoms with E-state index < -0.39 is 12.0 Å². The van der Waals surface area contributed by atoms with Crippen molar-refractivity contribution < 1.29 is 9.90 Å². The Balaban J connectivity index is 2.11. The summed E-state index contributed by atoms with van der Waals surface area (Å²) in [7, 11) is 0. The maximum absolute atomic E-state index is 11.3. The van der Waals surface area contributed by atoms with Gasteiger partial charge in [-0.2, -0.15) is 0 Å². The number of hydrogen-bond acceptors (Lipinski definition) is 2. The molecule has 1 aliphatic rings. The molecule has 0 bridgehead atoms. The van der Waals surface area contributed by atoms with Gasteiger partial charge >= 0.3 is 5.97 Å². The Kier molecular flexibility index (Phi) is 3.03. The molecule has 1 aliphatic heterocycles. The van der Waals surface area contributed by atoms with Crippen molar-refractivity contribution in [2.24, 2.45) is 0 Å². The summed E-state index contributed by atoms with van der Waals surface area (Å²) < 4.78 is 0. The fraction of sp³-hybridized carbons (Fsp3) is 0.400. The smallest absolute Gasteiger partial charge is 0.321 e. The zero-order chi connectivity index (χ0) is 13.4. The largest absolute Gasteiger partial charge is 0.480 e. The van der Waals surface area contributed by atoms with Crippen molar-refractivity contribution in [3.8, 4) is 0 Å². The van der Waals surface area contributed by atoms with Crippen LogP contribution in [0.2, 0.25) is 0 Å². The molecule has 0 radical (unpaired) electrons. The van der Waals surface area contributed by atoms with Crippen LogP contribution in [-0.4, -0.2) is 22.1 Å². The molecular weight excluding hydrogens is 240 g/mol. The van der Waals surface area contributed by atoms with Gasteiger partial charge in [0.05, 0.1) is 0 Å². The molecule has 0 saturated carbocycles. The van der Waals surface area contributed by atoms with Gasteiger partial charge in [0.2, 0.25) is 0 Å². The molecule has 19 heavy (non-hydrogen) atoms. The number of fused-ring (bicyclic) bond motifs is 3. The number of carboxylic acids is 1. The van der Waals surface area contributed by atoms with E-state index >= 15 is 0 Å². The topological polar surface area (TPSA) is 65.1 Å². The van der Waals surface area contributed by atoms with Crippen LogP contribution in [0.3, 0.4) is 0 Å². The zero-order valence-electron chi connectivity index (χ0n) is 10.9. The third-order valence-corrected chi connectivity index (χ3v) is 3.88. The molecular formula is C15H18N2O2. The van der Waals surface area contributed by atoms with E-state index in [2.05, 4.69) is 23.3 Å². The van der Waals surface area contributed by atoms with Gasteiger partial charge in [0.1, 0.15) is 6.04 Å². The minimum absolute atomic E-state index is 0.113. The first-order valence-electron chi connectivity index (χ1n) is 6.79. The summed E-state index contributed by atoms with van der Waals surface area (Å²) >= 11 is 0. The van der Waals surface area contributed by atoms with Crippen LogP contribution in [0.5, 0.6) is 0 Å². The normalized spacial score (nSPS) is 22.4. The van der Waals surface area contributed by atoms with E-state index in [0.717, 1.165) is 23.7 Å². The number of para-hydroxylation sites is 1. The van der Waals surface area contributed by atoms with E-state index in [-0.39, 0.29) is 6.04 Å². The van der Waals surface area contributed by atoms with Crippen LogP contribution < -0.4 is 5.32 Å². The Labute approximate surface area is 111 Å². The summed E-state index contributed by atoms with van der Waals surface area (Å²) in [5.74, 6) is -0.767. The number of aromatic nitrogens is 1. The van der Waals surface area contributed by atoms with Crippen molar-refractivity contribution in [3.05, 3.63) is 35.5 Å². The predicted octanol–water partition coefficient (Wildman–Crippen LogP) is 2.61. The monoisotopic (exact) mass is 258 g/mol. The molecule has 100 valence electrons. The van der Waals surface area contributed by atoms with Crippen LogP contribution in [0.4, 0.5) is 0 Å². The molecule has 1 aromatic carbocycles. The molecule has 2 aromatic rings. The highest BCUT2D eigenvalue weighted by Crippen LogP contribution is 2.33. The number of carboxylic acid groups (broad SMARTS) is 1. The number of nitrogens with one attached hydrogen (secondary N) is 2. The maximum Gasteiger partial charge on any atom is 0.321 e. The minimum atomic E-state index is -0.767. The lowest BCUT2D eigenvalue weighted by molar-refractivity contribution is -0.139. The van der Waals surface area contributed by atoms with Crippen LogP contribution >= 0.6 is 0 Å². The first kappa shape index (κ1) is 12.2. The SMILES string of the molecule is CCCC1N[C@H](C(=O)O)Cc2c1[nH]c1ccccc21. The highest BCUT2D eigenvalue weighted by atomic mass is 16.4. The number of hydrogen-bond donors (Lipinski definition) is 3. The van der Waals surface area contributed by atoms with Crippen LogP contribution in [0.15, 0.2) is 24.3 Å². The summed E-state index contributed by atoms with van der Waals surface area (Å²) in [6.07, 6.45) is 2.53. The molecule has 2 heterocycles. The molecule has 3 rings (SSSR count). The van der Waals surface area contributed by atoms with Crippen molar-refractivity contribution in [2.45, 2.75) is 38.3 Å². The second-order valence-electron chi connectivity index (χ2n) is 5.17. The number of aliphatic carboxylic acids is 1. The predicted molar refractivity (Wildman–Crippen MR) is 74.2 cm³/mol. The lowest BCUT2D eigenvalue weighted by Crippen LogP contribution is -2.44. The van der Waals surface area contributed by atoms with E-state index in [4.69, 9.17) is 0 Å². The average Bonchev–Trinajstić information content (AvgIpc) is 2.78. The van der Waals surface area contributed by atoms with Gasteiger partial charge in [0.25, 0.3) is 0 Å². The van der Waals surface area contributed by atoms with Crippen molar-refractivity contribution >= 4 is 16.9 Å². The van der Waals surface area contributed by atoms with Crippen LogP contribution in [0.1, 0.15) is 37.1 Å². The van der Waals surface area contributed by atoms with Crippen molar-refractivity contribution in [2.75, 3.05) is 0 Å². The first-order valence-corrected chi connectivity index (χ1v) is 6.79. The first-order chi connectivity index (χ1) is 9.20. The van der Waals surface area contributed by atoms with Crippen LogP contribution in [0, 0.1) is 0 Å². The standard InChI is InChI=1S/C15H18N2O2/c1-2-5-12-14-10(8-13(16-12)15(18)19)9-6-3-4-7-11(9)17-14/h3-4,6-7,12-13,16-17H,2,5,8H2,1H3,(H,18,19)/t12?,13-/m0/s1. The summed E-state index contributed by atoms with van der Waals surface area (Å²) in [6, 6.07) is 7.75. The van der Waals surface area contributed by atoms with Gasteiger partial charge in [-0.15, -0.1) is 0 Å². The van der Waals surface area contributed by atoms with Gasteiger partial charge in [-0.3, -0.25) is 10.1 Å². The molecule has 3 N–H and O–H groups in total. The lowest BCUT2D eigenvalue weighted by atomic mass is 9.92. The maximum atomic E-state index is 11.3. The molecule has 0 aliphatic carbocycles. The van der Waals surface area contributed by atoms with E-state index in [1.807, 2.05) is 18.2 Å².